The molecule has 0 spiro atoms. The minimum atomic E-state index is 0.644. The van der Waals surface area contributed by atoms with E-state index in [0.29, 0.717) is 11.5 Å². The van der Waals surface area contributed by atoms with Gasteiger partial charge in [-0.15, -0.1) is 5.10 Å². The Morgan fingerprint density at radius 3 is 2.48 bits per heavy atom. The number of anilines is 5. The van der Waals surface area contributed by atoms with E-state index in [1.165, 1.54) is 0 Å². The van der Waals surface area contributed by atoms with Crippen molar-refractivity contribution in [2.45, 2.75) is 13.8 Å². The van der Waals surface area contributed by atoms with Crippen LogP contribution in [0.15, 0.2) is 79.6 Å². The number of aryl methyl sites for hydroxylation is 2. The number of hydrogen-bond donors (Lipinski definition) is 2. The second-order valence-corrected chi connectivity index (χ2v) is 6.97. The van der Waals surface area contributed by atoms with Gasteiger partial charge in [0.15, 0.2) is 5.82 Å². The Kier molecular flexibility index (Phi) is 4.87. The van der Waals surface area contributed by atoms with Gasteiger partial charge < -0.3 is 16.0 Å². The van der Waals surface area contributed by atoms with Crippen LogP contribution in [-0.4, -0.2) is 10.2 Å². The molecule has 3 aromatic carbocycles. The van der Waals surface area contributed by atoms with Crippen molar-refractivity contribution in [3.8, 4) is 0 Å². The van der Waals surface area contributed by atoms with E-state index in [4.69, 9.17) is 5.73 Å². The lowest BCUT2D eigenvalue weighted by atomic mass is 10.1. The molecule has 0 aliphatic carbocycles. The van der Waals surface area contributed by atoms with Crippen LogP contribution in [0.25, 0.3) is 10.8 Å². The fourth-order valence-corrected chi connectivity index (χ4v) is 3.60. The van der Waals surface area contributed by atoms with E-state index in [1.54, 1.807) is 12.4 Å². The van der Waals surface area contributed by atoms with Crippen LogP contribution < -0.4 is 16.0 Å². The van der Waals surface area contributed by atoms with Gasteiger partial charge >= 0.3 is 0 Å². The Hall–Kier alpha value is -3.86. The highest BCUT2D eigenvalue weighted by Crippen LogP contribution is 2.37. The van der Waals surface area contributed by atoms with Gasteiger partial charge in [0, 0.05) is 22.7 Å². The molecule has 4 aromatic rings. The molecule has 0 unspecified atom stereocenters. The highest BCUT2D eigenvalue weighted by molar-refractivity contribution is 5.93. The zero-order chi connectivity index (χ0) is 20.4. The molecule has 1 heterocycles. The maximum absolute atomic E-state index is 6.44. The lowest BCUT2D eigenvalue weighted by Crippen LogP contribution is -2.13. The molecule has 0 bridgehead atoms. The van der Waals surface area contributed by atoms with Gasteiger partial charge in [0.05, 0.1) is 23.3 Å². The summed E-state index contributed by atoms with van der Waals surface area (Å²) in [7, 11) is 0. The minimum Gasteiger partial charge on any atom is -0.397 e. The zero-order valence-corrected chi connectivity index (χ0v) is 16.6. The quantitative estimate of drug-likeness (QED) is 0.424. The molecular formula is C24H23N5. The first kappa shape index (κ1) is 18.5. The maximum atomic E-state index is 6.44. The molecule has 4 rings (SSSR count). The van der Waals surface area contributed by atoms with Gasteiger partial charge in [-0.2, -0.15) is 5.10 Å². The molecule has 0 atom stereocenters. The van der Waals surface area contributed by atoms with E-state index in [2.05, 4.69) is 54.1 Å². The highest BCUT2D eigenvalue weighted by Gasteiger charge is 2.14. The Morgan fingerprint density at radius 1 is 1.00 bits per heavy atom. The monoisotopic (exact) mass is 381 g/mol. The van der Waals surface area contributed by atoms with Crippen molar-refractivity contribution in [2.24, 2.45) is 0 Å². The van der Waals surface area contributed by atoms with Gasteiger partial charge in [0.1, 0.15) is 0 Å². The summed E-state index contributed by atoms with van der Waals surface area (Å²) >= 11 is 0. The predicted octanol–water partition coefficient (Wildman–Crippen LogP) is 5.85. The zero-order valence-electron chi connectivity index (χ0n) is 16.6. The van der Waals surface area contributed by atoms with Gasteiger partial charge in [-0.05, 0) is 43.2 Å². The van der Waals surface area contributed by atoms with Crippen LogP contribution in [0.3, 0.4) is 0 Å². The van der Waals surface area contributed by atoms with E-state index >= 15 is 0 Å². The molecule has 1 aromatic heterocycles. The van der Waals surface area contributed by atoms with Gasteiger partial charge in [0.25, 0.3) is 0 Å². The summed E-state index contributed by atoms with van der Waals surface area (Å²) in [5.41, 5.74) is 12.2. The number of benzene rings is 3. The van der Waals surface area contributed by atoms with E-state index in [0.717, 1.165) is 39.0 Å². The summed E-state index contributed by atoms with van der Waals surface area (Å²) in [5, 5.41) is 13.7. The van der Waals surface area contributed by atoms with Gasteiger partial charge in [0.2, 0.25) is 0 Å². The number of aromatic nitrogens is 2. The molecule has 5 nitrogen and oxygen atoms in total. The summed E-state index contributed by atoms with van der Waals surface area (Å²) < 4.78 is 0. The first-order chi connectivity index (χ1) is 14.1. The van der Waals surface area contributed by atoms with Crippen LogP contribution in [-0.2, 0) is 0 Å². The van der Waals surface area contributed by atoms with Crippen molar-refractivity contribution in [2.75, 3.05) is 16.0 Å². The second kappa shape index (κ2) is 7.64. The molecule has 0 amide bonds. The number of para-hydroxylation sites is 1. The minimum absolute atomic E-state index is 0.644. The average molecular weight is 381 g/mol. The number of nitrogens with zero attached hydrogens (tertiary/aromatic N) is 3. The third-order valence-electron chi connectivity index (χ3n) is 4.98. The van der Waals surface area contributed by atoms with E-state index < -0.39 is 0 Å². The number of fused-ring (bicyclic) bond motifs is 1. The Morgan fingerprint density at radius 2 is 1.76 bits per heavy atom. The average Bonchev–Trinajstić information content (AvgIpc) is 2.72. The van der Waals surface area contributed by atoms with Crippen molar-refractivity contribution < 1.29 is 0 Å². The number of rotatable bonds is 5. The largest absolute Gasteiger partial charge is 0.397 e. The first-order valence-corrected chi connectivity index (χ1v) is 9.43. The van der Waals surface area contributed by atoms with Crippen molar-refractivity contribution in [1.29, 1.82) is 0 Å². The summed E-state index contributed by atoms with van der Waals surface area (Å²) in [6, 6.07) is 20.1. The molecule has 5 heteroatoms. The smallest absolute Gasteiger partial charge is 0.160 e. The highest BCUT2D eigenvalue weighted by atomic mass is 15.2. The summed E-state index contributed by atoms with van der Waals surface area (Å²) in [6.45, 7) is 8.17. The lowest BCUT2D eigenvalue weighted by molar-refractivity contribution is 1.05. The fourth-order valence-electron chi connectivity index (χ4n) is 3.60. The second-order valence-electron chi connectivity index (χ2n) is 6.97. The Bertz CT molecular complexity index is 1170. The maximum Gasteiger partial charge on any atom is 0.160 e. The van der Waals surface area contributed by atoms with Crippen LogP contribution in [0.2, 0.25) is 0 Å². The van der Waals surface area contributed by atoms with Crippen molar-refractivity contribution in [3.05, 3.63) is 90.8 Å². The van der Waals surface area contributed by atoms with E-state index in [-0.39, 0.29) is 0 Å². The van der Waals surface area contributed by atoms with Crippen LogP contribution in [0, 0.1) is 13.8 Å². The lowest BCUT2D eigenvalue weighted by Gasteiger charge is -2.26. The van der Waals surface area contributed by atoms with Crippen LogP contribution in [0.5, 0.6) is 0 Å². The van der Waals surface area contributed by atoms with Crippen molar-refractivity contribution in [1.82, 2.24) is 10.2 Å². The third-order valence-corrected chi connectivity index (χ3v) is 4.98. The normalized spacial score (nSPS) is 10.7. The SMILES string of the molecule is C=CN(c1ccc(Nc2nncc3ccccc23)cc1N)c1c(C)cccc1C. The van der Waals surface area contributed by atoms with Crippen LogP contribution in [0.4, 0.5) is 28.6 Å². The summed E-state index contributed by atoms with van der Waals surface area (Å²) in [4.78, 5) is 2.03. The molecule has 144 valence electrons. The topological polar surface area (TPSA) is 67.1 Å². The Balaban J connectivity index is 1.70. The Labute approximate surface area is 170 Å². The van der Waals surface area contributed by atoms with Crippen LogP contribution >= 0.6 is 0 Å². The number of nitrogens with two attached hydrogens (primary N) is 1. The molecule has 3 N–H and O–H groups in total. The standard InChI is InChI=1S/C24H23N5/c1-4-29(23-16(2)8-7-9-17(23)3)22-13-12-19(14-21(22)25)27-24-20-11-6-5-10-18(20)15-26-28-24/h4-15H,1,25H2,2-3H3,(H,27,28). The molecule has 0 fully saturated rings. The molecule has 0 saturated carbocycles. The fraction of sp³-hybridized carbons (Fsp3) is 0.0833. The van der Waals surface area contributed by atoms with Crippen LogP contribution in [0.1, 0.15) is 11.1 Å². The molecule has 0 aliphatic rings. The van der Waals surface area contributed by atoms with Gasteiger partial charge in [-0.25, -0.2) is 0 Å². The van der Waals surface area contributed by atoms with Gasteiger partial charge in [-0.3, -0.25) is 0 Å². The molecule has 0 saturated heterocycles. The van der Waals surface area contributed by atoms with Crippen molar-refractivity contribution in [3.63, 3.8) is 0 Å². The number of nitrogen functional groups attached to an aromatic ring is 1. The molecular weight excluding hydrogens is 358 g/mol. The molecule has 29 heavy (non-hydrogen) atoms. The first-order valence-electron chi connectivity index (χ1n) is 9.43. The summed E-state index contributed by atoms with van der Waals surface area (Å²) in [5.74, 6) is 0.700. The molecule has 0 radical (unpaired) electrons. The molecule has 0 aliphatic heterocycles. The third kappa shape index (κ3) is 3.50. The van der Waals surface area contributed by atoms with E-state index in [9.17, 15) is 0 Å². The number of nitrogens with one attached hydrogen (secondary N) is 1. The van der Waals surface area contributed by atoms with E-state index in [1.807, 2.05) is 47.4 Å². The number of hydrogen-bond acceptors (Lipinski definition) is 5. The predicted molar refractivity (Wildman–Crippen MR) is 122 cm³/mol. The van der Waals surface area contributed by atoms with Gasteiger partial charge in [-0.1, -0.05) is 49.0 Å². The summed E-state index contributed by atoms with van der Waals surface area (Å²) in [6.07, 6.45) is 3.55. The van der Waals surface area contributed by atoms with Crippen molar-refractivity contribution >= 4 is 39.3 Å².